The van der Waals surface area contributed by atoms with Crippen molar-refractivity contribution in [1.82, 2.24) is 19.9 Å². The van der Waals surface area contributed by atoms with Crippen LogP contribution in [0.4, 0.5) is 8.78 Å². The molecule has 0 radical (unpaired) electrons. The molecule has 0 aliphatic heterocycles. The molecule has 0 spiro atoms. The Bertz CT molecular complexity index is 749. The Labute approximate surface area is 120 Å². The van der Waals surface area contributed by atoms with Crippen molar-refractivity contribution >= 4 is 5.65 Å². The van der Waals surface area contributed by atoms with Crippen molar-refractivity contribution in [3.05, 3.63) is 65.6 Å². The van der Waals surface area contributed by atoms with Crippen molar-refractivity contribution in [2.45, 2.75) is 19.5 Å². The minimum Gasteiger partial charge on any atom is -0.303 e. The molecular weight excluding hydrogens is 274 g/mol. The highest BCUT2D eigenvalue weighted by molar-refractivity contribution is 5.37. The van der Waals surface area contributed by atoms with E-state index in [1.165, 1.54) is 12.1 Å². The summed E-state index contributed by atoms with van der Waals surface area (Å²) in [7, 11) is 0. The molecule has 0 amide bonds. The SMILES string of the molecule is CC(NCc1cc(F)cc(F)c1)c1nnc2ccccn12. The van der Waals surface area contributed by atoms with E-state index in [4.69, 9.17) is 0 Å². The van der Waals surface area contributed by atoms with Crippen molar-refractivity contribution in [1.29, 1.82) is 0 Å². The number of hydrogen-bond acceptors (Lipinski definition) is 3. The number of nitrogens with zero attached hydrogens (tertiary/aromatic N) is 3. The Morgan fingerprint density at radius 1 is 1.14 bits per heavy atom. The number of nitrogens with one attached hydrogen (secondary N) is 1. The van der Waals surface area contributed by atoms with Gasteiger partial charge in [-0.1, -0.05) is 6.07 Å². The Hall–Kier alpha value is -2.34. The molecule has 0 bridgehead atoms. The van der Waals surface area contributed by atoms with Crippen LogP contribution in [0.5, 0.6) is 0 Å². The smallest absolute Gasteiger partial charge is 0.160 e. The minimum absolute atomic E-state index is 0.103. The van der Waals surface area contributed by atoms with Gasteiger partial charge < -0.3 is 5.32 Å². The van der Waals surface area contributed by atoms with Crippen molar-refractivity contribution in [2.75, 3.05) is 0 Å². The van der Waals surface area contributed by atoms with Gasteiger partial charge in [-0.15, -0.1) is 10.2 Å². The van der Waals surface area contributed by atoms with Crippen LogP contribution in [0.1, 0.15) is 24.4 Å². The first kappa shape index (κ1) is 13.6. The summed E-state index contributed by atoms with van der Waals surface area (Å²) in [6.45, 7) is 2.27. The van der Waals surface area contributed by atoms with Gasteiger partial charge >= 0.3 is 0 Å². The first-order chi connectivity index (χ1) is 10.1. The van der Waals surface area contributed by atoms with Gasteiger partial charge in [-0.3, -0.25) is 4.40 Å². The van der Waals surface area contributed by atoms with Crippen molar-refractivity contribution in [2.24, 2.45) is 0 Å². The zero-order chi connectivity index (χ0) is 14.8. The number of rotatable bonds is 4. The Morgan fingerprint density at radius 2 is 1.90 bits per heavy atom. The van der Waals surface area contributed by atoms with Crippen molar-refractivity contribution in [3.63, 3.8) is 0 Å². The number of pyridine rings is 1. The van der Waals surface area contributed by atoms with Gasteiger partial charge in [0.2, 0.25) is 0 Å². The lowest BCUT2D eigenvalue weighted by Gasteiger charge is -2.12. The molecule has 1 unspecified atom stereocenters. The highest BCUT2D eigenvalue weighted by Crippen LogP contribution is 2.13. The third-order valence-electron chi connectivity index (χ3n) is 3.26. The topological polar surface area (TPSA) is 42.2 Å². The summed E-state index contributed by atoms with van der Waals surface area (Å²) in [5.74, 6) is -0.401. The summed E-state index contributed by atoms with van der Waals surface area (Å²) < 4.78 is 28.2. The molecule has 2 aromatic heterocycles. The molecule has 3 aromatic rings. The van der Waals surface area contributed by atoms with Crippen LogP contribution in [-0.4, -0.2) is 14.6 Å². The first-order valence-corrected chi connectivity index (χ1v) is 6.61. The van der Waals surface area contributed by atoms with E-state index in [0.29, 0.717) is 12.1 Å². The number of aromatic nitrogens is 3. The summed E-state index contributed by atoms with van der Waals surface area (Å²) in [5.41, 5.74) is 1.31. The van der Waals surface area contributed by atoms with Crippen molar-refractivity contribution < 1.29 is 8.78 Å². The van der Waals surface area contributed by atoms with E-state index in [1.54, 1.807) is 0 Å². The van der Waals surface area contributed by atoms with Crippen LogP contribution in [0.2, 0.25) is 0 Å². The lowest BCUT2D eigenvalue weighted by atomic mass is 10.2. The second kappa shape index (κ2) is 5.57. The lowest BCUT2D eigenvalue weighted by Crippen LogP contribution is -2.20. The van der Waals surface area contributed by atoms with E-state index >= 15 is 0 Å². The van der Waals surface area contributed by atoms with Crippen LogP contribution in [0.25, 0.3) is 5.65 Å². The number of halogens is 2. The van der Waals surface area contributed by atoms with Crippen LogP contribution in [0.15, 0.2) is 42.6 Å². The molecule has 3 rings (SSSR count). The van der Waals surface area contributed by atoms with E-state index in [-0.39, 0.29) is 6.04 Å². The second-order valence-electron chi connectivity index (χ2n) is 4.87. The van der Waals surface area contributed by atoms with E-state index in [2.05, 4.69) is 15.5 Å². The van der Waals surface area contributed by atoms with Gasteiger partial charge in [0, 0.05) is 18.8 Å². The predicted octanol–water partition coefficient (Wildman–Crippen LogP) is 2.86. The van der Waals surface area contributed by atoms with Gasteiger partial charge in [0.25, 0.3) is 0 Å². The number of benzene rings is 1. The molecule has 6 heteroatoms. The molecule has 21 heavy (non-hydrogen) atoms. The van der Waals surface area contributed by atoms with Gasteiger partial charge in [-0.25, -0.2) is 8.78 Å². The number of hydrogen-bond donors (Lipinski definition) is 1. The fraction of sp³-hybridized carbons (Fsp3) is 0.200. The van der Waals surface area contributed by atoms with Crippen molar-refractivity contribution in [3.8, 4) is 0 Å². The molecule has 1 atom stereocenters. The van der Waals surface area contributed by atoms with Gasteiger partial charge in [0.15, 0.2) is 11.5 Å². The maximum absolute atomic E-state index is 13.1. The summed E-state index contributed by atoms with van der Waals surface area (Å²) in [5, 5.41) is 11.4. The number of fused-ring (bicyclic) bond motifs is 1. The predicted molar refractivity (Wildman–Crippen MR) is 74.6 cm³/mol. The quantitative estimate of drug-likeness (QED) is 0.802. The maximum atomic E-state index is 13.1. The van der Waals surface area contributed by atoms with E-state index < -0.39 is 11.6 Å². The van der Waals surface area contributed by atoms with Gasteiger partial charge in [-0.05, 0) is 36.8 Å². The average molecular weight is 288 g/mol. The van der Waals surface area contributed by atoms with Crippen LogP contribution in [0.3, 0.4) is 0 Å². The largest absolute Gasteiger partial charge is 0.303 e. The molecule has 0 saturated carbocycles. The van der Waals surface area contributed by atoms with Crippen LogP contribution in [-0.2, 0) is 6.54 Å². The first-order valence-electron chi connectivity index (χ1n) is 6.61. The molecule has 0 fully saturated rings. The fourth-order valence-corrected chi connectivity index (χ4v) is 2.23. The standard InChI is InChI=1S/C15H14F2N4/c1-10(15-20-19-14-4-2-3-5-21(14)15)18-9-11-6-12(16)8-13(17)7-11/h2-8,10,18H,9H2,1H3. The minimum atomic E-state index is -0.576. The summed E-state index contributed by atoms with van der Waals surface area (Å²) >= 11 is 0. The molecule has 1 N–H and O–H groups in total. The third kappa shape index (κ3) is 2.90. The van der Waals surface area contributed by atoms with E-state index in [9.17, 15) is 8.78 Å². The molecule has 0 aliphatic carbocycles. The Kier molecular flexibility index (Phi) is 3.62. The summed E-state index contributed by atoms with van der Waals surface area (Å²) in [4.78, 5) is 0. The average Bonchev–Trinajstić information content (AvgIpc) is 2.88. The highest BCUT2D eigenvalue weighted by atomic mass is 19.1. The van der Waals surface area contributed by atoms with E-state index in [0.717, 1.165) is 17.5 Å². The van der Waals surface area contributed by atoms with Gasteiger partial charge in [0.05, 0.1) is 6.04 Å². The van der Waals surface area contributed by atoms with Gasteiger partial charge in [0.1, 0.15) is 11.6 Å². The molecule has 1 aromatic carbocycles. The molecule has 108 valence electrons. The fourth-order valence-electron chi connectivity index (χ4n) is 2.23. The molecule has 0 saturated heterocycles. The van der Waals surface area contributed by atoms with Crippen LogP contribution < -0.4 is 5.32 Å². The maximum Gasteiger partial charge on any atom is 0.160 e. The van der Waals surface area contributed by atoms with Crippen LogP contribution >= 0.6 is 0 Å². The second-order valence-corrected chi connectivity index (χ2v) is 4.87. The zero-order valence-electron chi connectivity index (χ0n) is 11.4. The monoisotopic (exact) mass is 288 g/mol. The van der Waals surface area contributed by atoms with Crippen LogP contribution in [0, 0.1) is 11.6 Å². The Morgan fingerprint density at radius 3 is 2.67 bits per heavy atom. The van der Waals surface area contributed by atoms with E-state index in [1.807, 2.05) is 35.7 Å². The third-order valence-corrected chi connectivity index (χ3v) is 3.26. The molecule has 4 nitrogen and oxygen atoms in total. The molecule has 2 heterocycles. The Balaban J connectivity index is 1.75. The summed E-state index contributed by atoms with van der Waals surface area (Å²) in [6, 6.07) is 9.03. The molecular formula is C15H14F2N4. The lowest BCUT2D eigenvalue weighted by molar-refractivity contribution is 0.532. The normalized spacial score (nSPS) is 12.7. The summed E-state index contributed by atoms with van der Waals surface area (Å²) in [6.07, 6.45) is 1.88. The van der Waals surface area contributed by atoms with Gasteiger partial charge in [-0.2, -0.15) is 0 Å². The highest BCUT2D eigenvalue weighted by Gasteiger charge is 2.12. The molecule has 0 aliphatic rings. The zero-order valence-corrected chi connectivity index (χ0v) is 11.4.